The van der Waals surface area contributed by atoms with Crippen LogP contribution in [0.2, 0.25) is 0 Å². The molecule has 2 aliphatic heterocycles. The zero-order valence-corrected chi connectivity index (χ0v) is 13.2. The summed E-state index contributed by atoms with van der Waals surface area (Å²) < 4.78 is 14.5. The third kappa shape index (κ3) is 2.36. The molecule has 0 aromatic heterocycles. The van der Waals surface area contributed by atoms with E-state index >= 15 is 0 Å². The molecule has 0 amide bonds. The van der Waals surface area contributed by atoms with Gasteiger partial charge in [0.25, 0.3) is 0 Å². The van der Waals surface area contributed by atoms with E-state index in [0.29, 0.717) is 6.42 Å². The van der Waals surface area contributed by atoms with Crippen LogP contribution in [-0.2, 0) is 22.8 Å². The molecule has 0 spiro atoms. The van der Waals surface area contributed by atoms with E-state index in [1.807, 2.05) is 6.92 Å². The van der Waals surface area contributed by atoms with Crippen molar-refractivity contribution in [1.29, 1.82) is 0 Å². The molecule has 7 nitrogen and oxygen atoms in total. The molecule has 0 aromatic carbocycles. The van der Waals surface area contributed by atoms with Gasteiger partial charge in [0.15, 0.2) is 0 Å². The summed E-state index contributed by atoms with van der Waals surface area (Å²) in [4.78, 5) is 35.1. The van der Waals surface area contributed by atoms with E-state index in [0.717, 1.165) is 6.42 Å². The molecule has 2 rings (SSSR count). The Morgan fingerprint density at radius 1 is 1.33 bits per heavy atom. The topological polar surface area (TPSA) is 99.1 Å². The summed E-state index contributed by atoms with van der Waals surface area (Å²) in [5, 5.41) is 10.3. The van der Waals surface area contributed by atoms with Crippen molar-refractivity contribution < 1.29 is 27.9 Å². The number of hydrogen-bond acceptors (Lipinski definition) is 7. The molecule has 0 aromatic rings. The van der Waals surface area contributed by atoms with Gasteiger partial charge in [-0.25, -0.2) is 0 Å². The first-order valence-electron chi connectivity index (χ1n) is 5.65. The van der Waals surface area contributed by atoms with Crippen LogP contribution in [0.25, 0.3) is 0 Å². The zero-order valence-electron chi connectivity index (χ0n) is 9.75. The Hall–Kier alpha value is -0.747. The van der Waals surface area contributed by atoms with Crippen molar-refractivity contribution in [2.75, 3.05) is 0 Å². The molecule has 18 heavy (non-hydrogen) atoms. The van der Waals surface area contributed by atoms with E-state index < -0.39 is 58.9 Å². The van der Waals surface area contributed by atoms with E-state index in [4.69, 9.17) is 8.44 Å². The minimum absolute atomic E-state index is 0.284. The predicted molar refractivity (Wildman–Crippen MR) is 56.6 cm³/mol. The number of carbonyl (C=O) groups is 3. The van der Waals surface area contributed by atoms with Gasteiger partial charge in [-0.2, -0.15) is 0 Å². The molecule has 2 saturated heterocycles. The van der Waals surface area contributed by atoms with Gasteiger partial charge in [-0.05, 0) is 0 Å². The average molecular weight is 454 g/mol. The average Bonchev–Trinajstić information content (AvgIpc) is 2.41. The van der Waals surface area contributed by atoms with E-state index in [9.17, 15) is 19.5 Å². The molecule has 2 heterocycles. The van der Waals surface area contributed by atoms with Gasteiger partial charge in [0, 0.05) is 0 Å². The van der Waals surface area contributed by atoms with Gasteiger partial charge < -0.3 is 0 Å². The Bertz CT molecular complexity index is 396. The fraction of sp³-hybridized carbons (Fsp3) is 0.700. The predicted octanol–water partition coefficient (Wildman–Crippen LogP) is -0.444. The van der Waals surface area contributed by atoms with Crippen LogP contribution in [0.5, 0.6) is 0 Å². The summed E-state index contributed by atoms with van der Waals surface area (Å²) in [5.41, 5.74) is -2.13. The van der Waals surface area contributed by atoms with Crippen molar-refractivity contribution in [1.82, 2.24) is 0 Å². The van der Waals surface area contributed by atoms with Crippen LogP contribution >= 0.6 is 0 Å². The molecule has 0 radical (unpaired) electrons. The van der Waals surface area contributed by atoms with Crippen LogP contribution in [0.4, 0.5) is 0 Å². The normalized spacial score (nSPS) is 32.3. The minimum atomic E-state index is -3.80. The number of carbonyl (C=O) groups excluding carboxylic acids is 3. The van der Waals surface area contributed by atoms with Crippen LogP contribution in [0.1, 0.15) is 32.6 Å². The van der Waals surface area contributed by atoms with Crippen molar-refractivity contribution in [2.45, 2.75) is 38.2 Å². The molecule has 2 aliphatic rings. The van der Waals surface area contributed by atoms with Crippen LogP contribution < -0.4 is 0 Å². The molecule has 2 bridgehead atoms. The van der Waals surface area contributed by atoms with Gasteiger partial charge >= 0.3 is 113 Å². The number of unbranched alkanes of at least 4 members (excludes halogenated alkanes) is 1. The molecule has 1 N–H and O–H groups in total. The molecule has 2 atom stereocenters. The summed E-state index contributed by atoms with van der Waals surface area (Å²) in [6, 6.07) is 0. The number of aliphatic hydroxyl groups is 1. The summed E-state index contributed by atoms with van der Waals surface area (Å²) in [6.07, 6.45) is 1.18. The van der Waals surface area contributed by atoms with Crippen LogP contribution in [0.3, 0.4) is 0 Å². The van der Waals surface area contributed by atoms with Crippen molar-refractivity contribution in [3.8, 4) is 0 Å². The molecular weight excluding hydrogens is 441 g/mol. The zero-order chi connectivity index (χ0) is 13.3. The Morgan fingerprint density at radius 3 is 2.72 bits per heavy atom. The van der Waals surface area contributed by atoms with Crippen molar-refractivity contribution in [3.05, 3.63) is 0 Å². The molecule has 2 unspecified atom stereocenters. The van der Waals surface area contributed by atoms with Gasteiger partial charge in [0.2, 0.25) is 0 Å². The maximum atomic E-state index is 11.8. The summed E-state index contributed by atoms with van der Waals surface area (Å²) in [5.74, 6) is -3.44. The second kappa shape index (κ2) is 5.09. The van der Waals surface area contributed by atoms with Crippen molar-refractivity contribution >= 4 is 41.0 Å². The third-order valence-electron chi connectivity index (χ3n) is 2.97. The van der Waals surface area contributed by atoms with Gasteiger partial charge in [0.1, 0.15) is 0 Å². The number of fused-ring (bicyclic) bond motifs is 3. The van der Waals surface area contributed by atoms with E-state index in [2.05, 4.69) is 0 Å². The van der Waals surface area contributed by atoms with Crippen LogP contribution in [-0.4, -0.2) is 51.7 Å². The van der Waals surface area contributed by atoms with E-state index in [-0.39, 0.29) is 6.42 Å². The van der Waals surface area contributed by atoms with Gasteiger partial charge in [-0.1, -0.05) is 0 Å². The number of rotatable bonds is 3. The number of hydrogen-bond donors (Lipinski definition) is 1. The fourth-order valence-electron chi connectivity index (χ4n) is 1.97. The SMILES string of the molecule is CCCCC1C(=O)[O][Bi]2[O]C(=O)CC1(O)C(=O)[O]2. The second-order valence-electron chi connectivity index (χ2n) is 4.27. The van der Waals surface area contributed by atoms with E-state index in [1.54, 1.807) is 0 Å². The van der Waals surface area contributed by atoms with Crippen LogP contribution in [0, 0.1) is 5.92 Å². The quantitative estimate of drug-likeness (QED) is 0.578. The first-order chi connectivity index (χ1) is 8.47. The fourth-order valence-corrected chi connectivity index (χ4v) is 5.51. The summed E-state index contributed by atoms with van der Waals surface area (Å²) in [6.45, 7) is 1.92. The Morgan fingerprint density at radius 2 is 2.06 bits per heavy atom. The van der Waals surface area contributed by atoms with Gasteiger partial charge in [-0.3, -0.25) is 0 Å². The van der Waals surface area contributed by atoms with Crippen molar-refractivity contribution in [2.24, 2.45) is 5.92 Å². The maximum absolute atomic E-state index is 11.8. The van der Waals surface area contributed by atoms with E-state index in [1.165, 1.54) is 0 Å². The third-order valence-corrected chi connectivity index (χ3v) is 6.85. The van der Waals surface area contributed by atoms with Crippen LogP contribution in [0.15, 0.2) is 0 Å². The molecule has 0 aliphatic carbocycles. The van der Waals surface area contributed by atoms with Crippen molar-refractivity contribution in [3.63, 3.8) is 0 Å². The monoisotopic (exact) mass is 454 g/mol. The van der Waals surface area contributed by atoms with Gasteiger partial charge in [-0.15, -0.1) is 0 Å². The first kappa shape index (κ1) is 13.7. The standard InChI is InChI=1S/C10H16O7.Bi/c1-2-3-4-6(8(13)14)10(17,9(15)16)5-7(11)12;/h6,17H,2-5H2,1H3,(H,11,12)(H,13,14)(H,15,16);/q;+3/p-3. The van der Waals surface area contributed by atoms with Gasteiger partial charge in [0.05, 0.1) is 0 Å². The summed E-state index contributed by atoms with van der Waals surface area (Å²) >= 11 is -3.80. The molecular formula is C10H13BiO7. The Labute approximate surface area is 113 Å². The first-order valence-corrected chi connectivity index (χ1v) is 9.90. The Balaban J connectivity index is 2.35. The molecule has 100 valence electrons. The Kier molecular flexibility index (Phi) is 3.87. The summed E-state index contributed by atoms with van der Waals surface area (Å²) in [7, 11) is 0. The second-order valence-corrected chi connectivity index (χ2v) is 8.14. The molecule has 2 fully saturated rings. The molecule has 8 heteroatoms. The molecule has 0 saturated carbocycles.